The second-order valence-electron chi connectivity index (χ2n) is 4.17. The normalized spacial score (nSPS) is 10.2. The van der Waals surface area contributed by atoms with Gasteiger partial charge in [-0.05, 0) is 6.92 Å². The summed E-state index contributed by atoms with van der Waals surface area (Å²) < 4.78 is 0. The first-order valence-corrected chi connectivity index (χ1v) is 6.82. The van der Waals surface area contributed by atoms with Crippen LogP contribution in [0.1, 0.15) is 28.8 Å². The molecule has 0 radical (unpaired) electrons. The van der Waals surface area contributed by atoms with Gasteiger partial charge in [0, 0.05) is 30.0 Å². The third kappa shape index (κ3) is 3.99. The van der Waals surface area contributed by atoms with Gasteiger partial charge in [-0.15, -0.1) is 11.3 Å². The Hall–Kier alpha value is -2.01. The number of rotatable bonds is 5. The van der Waals surface area contributed by atoms with E-state index in [0.717, 1.165) is 5.56 Å². The summed E-state index contributed by atoms with van der Waals surface area (Å²) in [6.07, 6.45) is 2.00. The average Bonchev–Trinajstić information content (AvgIpc) is 2.89. The van der Waals surface area contributed by atoms with E-state index < -0.39 is 0 Å². The van der Waals surface area contributed by atoms with E-state index in [1.54, 1.807) is 23.7 Å². The molecule has 5 heteroatoms. The molecule has 1 N–H and O–H groups in total. The molecule has 0 unspecified atom stereocenters. The number of anilines is 1. The third-order valence-electron chi connectivity index (χ3n) is 2.63. The van der Waals surface area contributed by atoms with E-state index >= 15 is 0 Å². The SMILES string of the molecule is Cc1ccc(C(=O)CCC(=O)Nc2nccs2)cc1. The zero-order chi connectivity index (χ0) is 13.7. The first-order valence-electron chi connectivity index (χ1n) is 5.94. The number of aryl methyl sites for hydroxylation is 1. The molecule has 1 aromatic carbocycles. The fourth-order valence-electron chi connectivity index (χ4n) is 1.58. The van der Waals surface area contributed by atoms with Crippen molar-refractivity contribution in [2.24, 2.45) is 0 Å². The summed E-state index contributed by atoms with van der Waals surface area (Å²) in [5.74, 6) is -0.204. The van der Waals surface area contributed by atoms with Crippen LogP contribution in [-0.2, 0) is 4.79 Å². The molecule has 4 nitrogen and oxygen atoms in total. The summed E-state index contributed by atoms with van der Waals surface area (Å²) in [5, 5.41) is 5.00. The summed E-state index contributed by atoms with van der Waals surface area (Å²) >= 11 is 1.36. The van der Waals surface area contributed by atoms with Crippen molar-refractivity contribution in [1.29, 1.82) is 0 Å². The van der Waals surface area contributed by atoms with E-state index in [9.17, 15) is 9.59 Å². The lowest BCUT2D eigenvalue weighted by atomic mass is 10.1. The molecule has 98 valence electrons. The third-order valence-corrected chi connectivity index (χ3v) is 3.32. The van der Waals surface area contributed by atoms with Crippen molar-refractivity contribution in [3.63, 3.8) is 0 Å². The number of carbonyl (C=O) groups excluding carboxylic acids is 2. The Kier molecular flexibility index (Phi) is 4.41. The van der Waals surface area contributed by atoms with Gasteiger partial charge in [-0.2, -0.15) is 0 Å². The van der Waals surface area contributed by atoms with Gasteiger partial charge in [0.15, 0.2) is 10.9 Å². The predicted octanol–water partition coefficient (Wildman–Crippen LogP) is 3.05. The van der Waals surface area contributed by atoms with E-state index in [1.165, 1.54) is 11.3 Å². The first-order chi connectivity index (χ1) is 9.15. The molecule has 0 spiro atoms. The second-order valence-corrected chi connectivity index (χ2v) is 5.07. The lowest BCUT2D eigenvalue weighted by molar-refractivity contribution is -0.116. The van der Waals surface area contributed by atoms with Gasteiger partial charge in [-0.3, -0.25) is 9.59 Å². The molecular formula is C14H14N2O2S. The molecule has 0 saturated heterocycles. The monoisotopic (exact) mass is 274 g/mol. The number of nitrogens with one attached hydrogen (secondary N) is 1. The number of Topliss-reactive ketones (excluding diaryl/α,β-unsaturated/α-hetero) is 1. The maximum absolute atomic E-state index is 11.9. The van der Waals surface area contributed by atoms with Crippen molar-refractivity contribution in [3.8, 4) is 0 Å². The van der Waals surface area contributed by atoms with E-state index in [-0.39, 0.29) is 24.5 Å². The van der Waals surface area contributed by atoms with Gasteiger partial charge in [0.05, 0.1) is 0 Å². The van der Waals surface area contributed by atoms with Crippen molar-refractivity contribution in [2.45, 2.75) is 19.8 Å². The summed E-state index contributed by atoms with van der Waals surface area (Å²) in [6.45, 7) is 1.97. The topological polar surface area (TPSA) is 59.1 Å². The van der Waals surface area contributed by atoms with Gasteiger partial charge >= 0.3 is 0 Å². The molecule has 2 aromatic rings. The van der Waals surface area contributed by atoms with Gasteiger partial charge in [0.25, 0.3) is 0 Å². The van der Waals surface area contributed by atoms with Crippen LogP contribution < -0.4 is 5.32 Å². The molecule has 19 heavy (non-hydrogen) atoms. The van der Waals surface area contributed by atoms with Gasteiger partial charge in [0.1, 0.15) is 0 Å². The van der Waals surface area contributed by atoms with Gasteiger partial charge in [0.2, 0.25) is 5.91 Å². The molecule has 1 amide bonds. The number of ketones is 1. The number of thiazole rings is 1. The number of nitrogens with zero attached hydrogens (tertiary/aromatic N) is 1. The van der Waals surface area contributed by atoms with Crippen molar-refractivity contribution in [1.82, 2.24) is 4.98 Å². The van der Waals surface area contributed by atoms with Crippen LogP contribution in [0.4, 0.5) is 5.13 Å². The lowest BCUT2D eigenvalue weighted by Gasteiger charge is -2.02. The Morgan fingerprint density at radius 3 is 2.58 bits per heavy atom. The zero-order valence-electron chi connectivity index (χ0n) is 10.6. The van der Waals surface area contributed by atoms with Crippen LogP contribution >= 0.6 is 11.3 Å². The molecule has 1 heterocycles. The minimum atomic E-state index is -0.185. The lowest BCUT2D eigenvalue weighted by Crippen LogP contribution is -2.13. The number of carbonyl (C=O) groups is 2. The largest absolute Gasteiger partial charge is 0.302 e. The van der Waals surface area contributed by atoms with Gasteiger partial charge < -0.3 is 5.32 Å². The Balaban J connectivity index is 1.83. The van der Waals surface area contributed by atoms with Crippen LogP contribution in [-0.4, -0.2) is 16.7 Å². The predicted molar refractivity (Wildman–Crippen MR) is 75.5 cm³/mol. The van der Waals surface area contributed by atoms with Crippen LogP contribution in [0.15, 0.2) is 35.8 Å². The number of benzene rings is 1. The van der Waals surface area contributed by atoms with Crippen molar-refractivity contribution in [2.75, 3.05) is 5.32 Å². The Labute approximate surface area is 115 Å². The Bertz CT molecular complexity index is 562. The van der Waals surface area contributed by atoms with Gasteiger partial charge in [-0.1, -0.05) is 29.8 Å². The van der Waals surface area contributed by atoms with E-state index in [1.807, 2.05) is 19.1 Å². The molecule has 0 atom stereocenters. The second kappa shape index (κ2) is 6.24. The number of hydrogen-bond donors (Lipinski definition) is 1. The average molecular weight is 274 g/mol. The minimum Gasteiger partial charge on any atom is -0.302 e. The van der Waals surface area contributed by atoms with Crippen LogP contribution in [0.5, 0.6) is 0 Å². The van der Waals surface area contributed by atoms with E-state index in [0.29, 0.717) is 10.7 Å². The Morgan fingerprint density at radius 1 is 1.21 bits per heavy atom. The number of amides is 1. The zero-order valence-corrected chi connectivity index (χ0v) is 11.4. The summed E-state index contributed by atoms with van der Waals surface area (Å²) in [5.41, 5.74) is 1.76. The molecule has 2 rings (SSSR count). The highest BCUT2D eigenvalue weighted by Gasteiger charge is 2.10. The van der Waals surface area contributed by atoms with Crippen LogP contribution in [0.2, 0.25) is 0 Å². The maximum Gasteiger partial charge on any atom is 0.226 e. The van der Waals surface area contributed by atoms with Crippen molar-refractivity contribution in [3.05, 3.63) is 47.0 Å². The van der Waals surface area contributed by atoms with Crippen LogP contribution in [0.3, 0.4) is 0 Å². The quantitative estimate of drug-likeness (QED) is 0.852. The molecule has 0 bridgehead atoms. The molecule has 0 fully saturated rings. The number of hydrogen-bond acceptors (Lipinski definition) is 4. The van der Waals surface area contributed by atoms with Gasteiger partial charge in [-0.25, -0.2) is 4.98 Å². The summed E-state index contributed by atoms with van der Waals surface area (Å²) in [6, 6.07) is 7.36. The highest BCUT2D eigenvalue weighted by molar-refractivity contribution is 7.13. The smallest absolute Gasteiger partial charge is 0.226 e. The van der Waals surface area contributed by atoms with E-state index in [4.69, 9.17) is 0 Å². The van der Waals surface area contributed by atoms with Crippen LogP contribution in [0, 0.1) is 6.92 Å². The maximum atomic E-state index is 11.9. The molecule has 0 aliphatic rings. The molecule has 0 saturated carbocycles. The van der Waals surface area contributed by atoms with Crippen molar-refractivity contribution >= 4 is 28.2 Å². The highest BCUT2D eigenvalue weighted by atomic mass is 32.1. The standard InChI is InChI=1S/C14H14N2O2S/c1-10-2-4-11(5-3-10)12(17)6-7-13(18)16-14-15-8-9-19-14/h2-5,8-9H,6-7H2,1H3,(H,15,16,18). The van der Waals surface area contributed by atoms with Crippen molar-refractivity contribution < 1.29 is 9.59 Å². The fraction of sp³-hybridized carbons (Fsp3) is 0.214. The summed E-state index contributed by atoms with van der Waals surface area (Å²) in [7, 11) is 0. The fourth-order valence-corrected chi connectivity index (χ4v) is 2.12. The minimum absolute atomic E-state index is 0.0192. The molecule has 0 aliphatic heterocycles. The Morgan fingerprint density at radius 2 is 1.95 bits per heavy atom. The molecule has 0 aliphatic carbocycles. The van der Waals surface area contributed by atoms with Crippen LogP contribution in [0.25, 0.3) is 0 Å². The first kappa shape index (κ1) is 13.4. The number of aromatic nitrogens is 1. The highest BCUT2D eigenvalue weighted by Crippen LogP contribution is 2.12. The summed E-state index contributed by atoms with van der Waals surface area (Å²) in [4.78, 5) is 27.4. The van der Waals surface area contributed by atoms with E-state index in [2.05, 4.69) is 10.3 Å². The molecule has 1 aromatic heterocycles. The molecular weight excluding hydrogens is 260 g/mol.